The molecule has 1 heterocycles. The van der Waals surface area contributed by atoms with Crippen LogP contribution in [0.3, 0.4) is 0 Å². The Balaban J connectivity index is 2.49. The number of aliphatic hydroxyl groups excluding tert-OH is 1. The molecular weight excluding hydrogens is 242 g/mol. The van der Waals surface area contributed by atoms with E-state index in [-0.39, 0.29) is 6.61 Å². The van der Waals surface area contributed by atoms with E-state index in [2.05, 4.69) is 17.2 Å². The summed E-state index contributed by atoms with van der Waals surface area (Å²) in [5.41, 5.74) is 2.44. The van der Waals surface area contributed by atoms with Gasteiger partial charge in [0.2, 0.25) is 0 Å². The van der Waals surface area contributed by atoms with E-state index in [4.69, 9.17) is 4.74 Å². The molecule has 2 aromatic rings. The minimum absolute atomic E-state index is 0.0911. The maximum atomic E-state index is 9.33. The smallest absolute Gasteiger partial charge is 0.145 e. The van der Waals surface area contributed by atoms with Crippen molar-refractivity contribution >= 4 is 0 Å². The van der Waals surface area contributed by atoms with E-state index < -0.39 is 0 Å². The predicted molar refractivity (Wildman–Crippen MR) is 72.4 cm³/mol. The zero-order chi connectivity index (χ0) is 13.7. The maximum absolute atomic E-state index is 9.33. The fraction of sp³-hybridized carbons (Fsp3) is 0.429. The standard InChI is InChI=1S/C14H19N3O2/c1-3-7-12-11(10-18)15-16-17(12)13-8-5-6-9-14(13)19-4-2/h5-6,8-9,18H,3-4,7,10H2,1-2H3. The van der Waals surface area contributed by atoms with Gasteiger partial charge >= 0.3 is 0 Å². The fourth-order valence-corrected chi connectivity index (χ4v) is 2.05. The number of rotatable bonds is 6. The summed E-state index contributed by atoms with van der Waals surface area (Å²) >= 11 is 0. The Hall–Kier alpha value is -1.88. The molecule has 0 aliphatic rings. The molecule has 1 N–H and O–H groups in total. The van der Waals surface area contributed by atoms with E-state index in [0.29, 0.717) is 12.3 Å². The molecule has 0 aliphatic carbocycles. The van der Waals surface area contributed by atoms with Crippen LogP contribution in [0.1, 0.15) is 31.7 Å². The van der Waals surface area contributed by atoms with Crippen LogP contribution < -0.4 is 4.74 Å². The Bertz CT molecular complexity index is 537. The van der Waals surface area contributed by atoms with Crippen LogP contribution in [-0.2, 0) is 13.0 Å². The number of aromatic nitrogens is 3. The zero-order valence-electron chi connectivity index (χ0n) is 11.3. The average Bonchev–Trinajstić information content (AvgIpc) is 2.83. The van der Waals surface area contributed by atoms with E-state index in [1.54, 1.807) is 4.68 Å². The molecule has 1 aromatic carbocycles. The summed E-state index contributed by atoms with van der Waals surface area (Å²) in [7, 11) is 0. The summed E-state index contributed by atoms with van der Waals surface area (Å²) < 4.78 is 7.38. The lowest BCUT2D eigenvalue weighted by Crippen LogP contribution is -2.06. The van der Waals surface area contributed by atoms with Crippen LogP contribution in [0.4, 0.5) is 0 Å². The van der Waals surface area contributed by atoms with Gasteiger partial charge in [0.05, 0.1) is 18.9 Å². The highest BCUT2D eigenvalue weighted by Crippen LogP contribution is 2.24. The number of hydrogen-bond acceptors (Lipinski definition) is 4. The van der Waals surface area contributed by atoms with Gasteiger partial charge in [0.15, 0.2) is 0 Å². The molecule has 0 aliphatic heterocycles. The van der Waals surface area contributed by atoms with Crippen molar-refractivity contribution in [2.75, 3.05) is 6.61 Å². The number of nitrogens with zero attached hydrogens (tertiary/aromatic N) is 3. The summed E-state index contributed by atoms with van der Waals surface area (Å²) in [6, 6.07) is 7.72. The maximum Gasteiger partial charge on any atom is 0.145 e. The van der Waals surface area contributed by atoms with Gasteiger partial charge in [0.25, 0.3) is 0 Å². The summed E-state index contributed by atoms with van der Waals surface area (Å²) in [5.74, 6) is 0.775. The predicted octanol–water partition coefficient (Wildman–Crippen LogP) is 2.11. The SMILES string of the molecule is CCCc1c(CO)nnn1-c1ccccc1OCC. The molecule has 0 bridgehead atoms. The van der Waals surface area contributed by atoms with Gasteiger partial charge in [-0.25, -0.2) is 4.68 Å². The van der Waals surface area contributed by atoms with Crippen molar-refractivity contribution in [2.45, 2.75) is 33.3 Å². The van der Waals surface area contributed by atoms with Gasteiger partial charge in [0, 0.05) is 0 Å². The topological polar surface area (TPSA) is 60.2 Å². The molecule has 0 atom stereocenters. The number of aliphatic hydroxyl groups is 1. The van der Waals surface area contributed by atoms with Crippen LogP contribution in [0.15, 0.2) is 24.3 Å². The van der Waals surface area contributed by atoms with Gasteiger partial charge < -0.3 is 9.84 Å². The molecule has 0 fully saturated rings. The minimum atomic E-state index is -0.0911. The van der Waals surface area contributed by atoms with Crippen molar-refractivity contribution in [3.05, 3.63) is 35.7 Å². The molecule has 2 rings (SSSR count). The molecule has 0 amide bonds. The number of hydrogen-bond donors (Lipinski definition) is 1. The van der Waals surface area contributed by atoms with Crippen molar-refractivity contribution in [1.82, 2.24) is 15.0 Å². The molecule has 0 saturated heterocycles. The second-order valence-electron chi connectivity index (χ2n) is 4.20. The van der Waals surface area contributed by atoms with Gasteiger partial charge in [-0.05, 0) is 25.5 Å². The second kappa shape index (κ2) is 6.33. The lowest BCUT2D eigenvalue weighted by atomic mass is 10.2. The fourth-order valence-electron chi connectivity index (χ4n) is 2.05. The van der Waals surface area contributed by atoms with Crippen molar-refractivity contribution < 1.29 is 9.84 Å². The zero-order valence-corrected chi connectivity index (χ0v) is 11.3. The first-order chi connectivity index (χ1) is 9.31. The van der Waals surface area contributed by atoms with Gasteiger partial charge in [-0.1, -0.05) is 30.7 Å². The molecule has 102 valence electrons. The van der Waals surface area contributed by atoms with Gasteiger partial charge in [-0.3, -0.25) is 0 Å². The first-order valence-corrected chi connectivity index (χ1v) is 6.58. The van der Waals surface area contributed by atoms with Gasteiger partial charge in [-0.2, -0.15) is 0 Å². The largest absolute Gasteiger partial charge is 0.492 e. The monoisotopic (exact) mass is 261 g/mol. The van der Waals surface area contributed by atoms with E-state index >= 15 is 0 Å². The first kappa shape index (κ1) is 13.5. The molecule has 0 radical (unpaired) electrons. The van der Waals surface area contributed by atoms with E-state index in [1.807, 2.05) is 31.2 Å². The summed E-state index contributed by atoms with van der Waals surface area (Å²) in [6.07, 6.45) is 1.79. The Morgan fingerprint density at radius 3 is 2.74 bits per heavy atom. The second-order valence-corrected chi connectivity index (χ2v) is 4.20. The van der Waals surface area contributed by atoms with Crippen LogP contribution in [-0.4, -0.2) is 26.7 Å². The number of benzene rings is 1. The summed E-state index contributed by atoms with van der Waals surface area (Å²) in [4.78, 5) is 0. The Morgan fingerprint density at radius 2 is 2.05 bits per heavy atom. The summed E-state index contributed by atoms with van der Waals surface area (Å²) in [5, 5.41) is 17.5. The molecule has 19 heavy (non-hydrogen) atoms. The highest BCUT2D eigenvalue weighted by molar-refractivity contribution is 5.47. The van der Waals surface area contributed by atoms with Crippen molar-refractivity contribution in [2.24, 2.45) is 0 Å². The lowest BCUT2D eigenvalue weighted by Gasteiger charge is -2.11. The van der Waals surface area contributed by atoms with Crippen molar-refractivity contribution in [3.8, 4) is 11.4 Å². The lowest BCUT2D eigenvalue weighted by molar-refractivity contribution is 0.275. The highest BCUT2D eigenvalue weighted by atomic mass is 16.5. The van der Waals surface area contributed by atoms with E-state index in [9.17, 15) is 5.11 Å². The molecular formula is C14H19N3O2. The molecule has 1 aromatic heterocycles. The van der Waals surface area contributed by atoms with Crippen LogP contribution >= 0.6 is 0 Å². The van der Waals surface area contributed by atoms with Crippen LogP contribution in [0, 0.1) is 0 Å². The molecule has 5 heteroatoms. The van der Waals surface area contributed by atoms with Crippen molar-refractivity contribution in [1.29, 1.82) is 0 Å². The Labute approximate surface area is 112 Å². The van der Waals surface area contributed by atoms with Crippen LogP contribution in [0.5, 0.6) is 5.75 Å². The Kier molecular flexibility index (Phi) is 4.52. The van der Waals surface area contributed by atoms with E-state index in [1.165, 1.54) is 0 Å². The van der Waals surface area contributed by atoms with Crippen LogP contribution in [0.25, 0.3) is 5.69 Å². The quantitative estimate of drug-likeness (QED) is 0.865. The third-order valence-corrected chi connectivity index (χ3v) is 2.87. The molecule has 0 spiro atoms. The minimum Gasteiger partial charge on any atom is -0.492 e. The first-order valence-electron chi connectivity index (χ1n) is 6.58. The Morgan fingerprint density at radius 1 is 1.26 bits per heavy atom. The van der Waals surface area contributed by atoms with Crippen molar-refractivity contribution in [3.63, 3.8) is 0 Å². The average molecular weight is 261 g/mol. The van der Waals surface area contributed by atoms with Gasteiger partial charge in [-0.15, -0.1) is 5.10 Å². The van der Waals surface area contributed by atoms with E-state index in [0.717, 1.165) is 30.0 Å². The molecule has 0 unspecified atom stereocenters. The third kappa shape index (κ3) is 2.76. The van der Waals surface area contributed by atoms with Crippen LogP contribution in [0.2, 0.25) is 0 Å². The van der Waals surface area contributed by atoms with Gasteiger partial charge in [0.1, 0.15) is 17.1 Å². The third-order valence-electron chi connectivity index (χ3n) is 2.87. The highest BCUT2D eigenvalue weighted by Gasteiger charge is 2.15. The molecule has 0 saturated carbocycles. The summed E-state index contributed by atoms with van der Waals surface area (Å²) in [6.45, 7) is 4.55. The molecule has 5 nitrogen and oxygen atoms in total. The normalized spacial score (nSPS) is 10.7. The number of ether oxygens (including phenoxy) is 1. The number of para-hydroxylation sites is 2.